The van der Waals surface area contributed by atoms with Crippen molar-refractivity contribution < 1.29 is 22.8 Å². The van der Waals surface area contributed by atoms with Gasteiger partial charge in [-0.2, -0.15) is 22.5 Å². The monoisotopic (exact) mass is 484 g/mol. The van der Waals surface area contributed by atoms with E-state index in [-0.39, 0.29) is 16.5 Å². The first kappa shape index (κ1) is 21.4. The molecule has 0 fully saturated rings. The van der Waals surface area contributed by atoms with Gasteiger partial charge in [0.2, 0.25) is 10.8 Å². The van der Waals surface area contributed by atoms with E-state index in [9.17, 15) is 18.0 Å². The standard InChI is InChI=1S/C20H11F3N8O2S/c21-20(22,23)12-5-3-11(4-6-12)18(32)27-19-26-16(29-34-19)15-10-13(7-9-24-15)33-31-17-14(28-30-31)2-1-8-25-17/h1-10H,(H,26,27,29,32). The SMILES string of the molecule is O=C(Nc1nc(-c2cc(On3nnc4cccnc43)ccn2)ns1)c1ccc(C(F)(F)F)cc1. The van der Waals surface area contributed by atoms with E-state index < -0.39 is 17.6 Å². The van der Waals surface area contributed by atoms with Crippen molar-refractivity contribution in [2.45, 2.75) is 6.18 Å². The molecule has 14 heteroatoms. The third-order valence-electron chi connectivity index (χ3n) is 4.45. The van der Waals surface area contributed by atoms with Gasteiger partial charge in [-0.3, -0.25) is 15.1 Å². The Morgan fingerprint density at radius 2 is 1.88 bits per heavy atom. The van der Waals surface area contributed by atoms with Gasteiger partial charge in [0, 0.05) is 41.6 Å². The molecule has 4 aromatic heterocycles. The zero-order chi connectivity index (χ0) is 23.7. The van der Waals surface area contributed by atoms with E-state index in [1.165, 1.54) is 11.0 Å². The highest BCUT2D eigenvalue weighted by molar-refractivity contribution is 7.10. The molecular formula is C20H11F3N8O2S. The molecule has 0 aliphatic heterocycles. The fourth-order valence-electron chi connectivity index (χ4n) is 2.85. The third-order valence-corrected chi connectivity index (χ3v) is 5.08. The number of fused-ring (bicyclic) bond motifs is 1. The summed E-state index contributed by atoms with van der Waals surface area (Å²) in [6, 6.07) is 10.5. The molecule has 5 rings (SSSR count). The Bertz CT molecular complexity index is 1480. The van der Waals surface area contributed by atoms with Gasteiger partial charge in [0.1, 0.15) is 11.2 Å². The Labute approximate surface area is 192 Å². The van der Waals surface area contributed by atoms with Crippen LogP contribution < -0.4 is 10.2 Å². The lowest BCUT2D eigenvalue weighted by Gasteiger charge is -2.07. The van der Waals surface area contributed by atoms with Crippen LogP contribution in [0.25, 0.3) is 22.7 Å². The lowest BCUT2D eigenvalue weighted by Crippen LogP contribution is -2.12. The van der Waals surface area contributed by atoms with Crippen LogP contribution >= 0.6 is 11.5 Å². The maximum atomic E-state index is 12.7. The predicted octanol–water partition coefficient (Wildman–Crippen LogP) is 3.85. The molecule has 1 amide bonds. The topological polar surface area (TPSA) is 121 Å². The summed E-state index contributed by atoms with van der Waals surface area (Å²) in [4.78, 5) is 31.8. The molecule has 34 heavy (non-hydrogen) atoms. The zero-order valence-corrected chi connectivity index (χ0v) is 17.6. The number of benzene rings is 1. The highest BCUT2D eigenvalue weighted by Crippen LogP contribution is 2.29. The molecule has 1 N–H and O–H groups in total. The number of nitrogens with zero attached hydrogens (tertiary/aromatic N) is 7. The largest absolute Gasteiger partial charge is 0.416 e. The highest BCUT2D eigenvalue weighted by atomic mass is 32.1. The van der Waals surface area contributed by atoms with Crippen LogP contribution in [0, 0.1) is 0 Å². The molecule has 0 atom stereocenters. The minimum Gasteiger partial charge on any atom is -0.354 e. The average molecular weight is 484 g/mol. The number of amides is 1. The second kappa shape index (κ2) is 8.47. The summed E-state index contributed by atoms with van der Waals surface area (Å²) in [5.74, 6) is -0.0284. The van der Waals surface area contributed by atoms with Crippen LogP contribution in [0.1, 0.15) is 15.9 Å². The first-order valence-electron chi connectivity index (χ1n) is 9.50. The first-order valence-corrected chi connectivity index (χ1v) is 10.3. The Balaban J connectivity index is 1.30. The van der Waals surface area contributed by atoms with Crippen LogP contribution in [0.15, 0.2) is 60.9 Å². The van der Waals surface area contributed by atoms with Gasteiger partial charge < -0.3 is 4.84 Å². The van der Waals surface area contributed by atoms with Gasteiger partial charge in [0.05, 0.1) is 5.56 Å². The van der Waals surface area contributed by atoms with E-state index in [1.807, 2.05) is 0 Å². The van der Waals surface area contributed by atoms with E-state index in [0.29, 0.717) is 22.6 Å². The summed E-state index contributed by atoms with van der Waals surface area (Å²) in [6.45, 7) is 0. The van der Waals surface area contributed by atoms with Gasteiger partial charge in [-0.05, 0) is 41.6 Å². The van der Waals surface area contributed by atoms with Gasteiger partial charge >= 0.3 is 6.18 Å². The molecule has 0 aliphatic rings. The number of halogens is 3. The van der Waals surface area contributed by atoms with E-state index >= 15 is 0 Å². The smallest absolute Gasteiger partial charge is 0.354 e. The molecule has 1 aromatic carbocycles. The van der Waals surface area contributed by atoms with Crippen LogP contribution in [0.3, 0.4) is 0 Å². The summed E-state index contributed by atoms with van der Waals surface area (Å²) in [5, 5.41) is 10.5. The molecule has 170 valence electrons. The van der Waals surface area contributed by atoms with Crippen molar-refractivity contribution >= 4 is 33.7 Å². The van der Waals surface area contributed by atoms with Crippen molar-refractivity contribution in [1.29, 1.82) is 0 Å². The number of rotatable bonds is 5. The first-order chi connectivity index (χ1) is 16.4. The van der Waals surface area contributed by atoms with E-state index in [4.69, 9.17) is 4.84 Å². The van der Waals surface area contributed by atoms with Crippen LogP contribution in [-0.2, 0) is 6.18 Å². The number of carbonyl (C=O) groups is 1. The Morgan fingerprint density at radius 1 is 1.06 bits per heavy atom. The van der Waals surface area contributed by atoms with Crippen LogP contribution in [0.2, 0.25) is 0 Å². The zero-order valence-electron chi connectivity index (χ0n) is 16.8. The van der Waals surface area contributed by atoms with E-state index in [1.54, 1.807) is 30.5 Å². The maximum Gasteiger partial charge on any atom is 0.416 e. The number of pyridine rings is 2. The number of hydrogen-bond donors (Lipinski definition) is 1. The molecule has 4 heterocycles. The quantitative estimate of drug-likeness (QED) is 0.399. The van der Waals surface area contributed by atoms with Crippen LogP contribution in [-0.4, -0.2) is 40.4 Å². The molecule has 0 radical (unpaired) electrons. The number of hydrogen-bond acceptors (Lipinski definition) is 9. The third kappa shape index (κ3) is 4.38. The van der Waals surface area contributed by atoms with Crippen molar-refractivity contribution in [1.82, 2.24) is 34.5 Å². The molecule has 0 bridgehead atoms. The molecule has 0 unspecified atom stereocenters. The Kier molecular flexibility index (Phi) is 5.33. The molecule has 5 aromatic rings. The van der Waals surface area contributed by atoms with Gasteiger partial charge in [-0.1, -0.05) is 4.85 Å². The number of anilines is 1. The van der Waals surface area contributed by atoms with E-state index in [0.717, 1.165) is 35.8 Å². The number of alkyl halides is 3. The summed E-state index contributed by atoms with van der Waals surface area (Å²) in [7, 11) is 0. The fourth-order valence-corrected chi connectivity index (χ4v) is 3.43. The number of aromatic nitrogens is 7. The molecular weight excluding hydrogens is 473 g/mol. The van der Waals surface area contributed by atoms with E-state index in [2.05, 4.69) is 35.0 Å². The minimum absolute atomic E-state index is 0.0481. The Hall–Kier alpha value is -4.46. The summed E-state index contributed by atoms with van der Waals surface area (Å²) < 4.78 is 42.2. The van der Waals surface area contributed by atoms with Crippen LogP contribution in [0.4, 0.5) is 18.3 Å². The lowest BCUT2D eigenvalue weighted by atomic mass is 10.1. The second-order valence-electron chi connectivity index (χ2n) is 6.73. The number of nitrogens with one attached hydrogen (secondary N) is 1. The predicted molar refractivity (Wildman–Crippen MR) is 114 cm³/mol. The minimum atomic E-state index is -4.48. The van der Waals surface area contributed by atoms with Crippen molar-refractivity contribution in [3.8, 4) is 17.3 Å². The molecule has 0 spiro atoms. The number of carbonyl (C=O) groups excluding carboxylic acids is 1. The Morgan fingerprint density at radius 3 is 2.68 bits per heavy atom. The van der Waals surface area contributed by atoms with Crippen molar-refractivity contribution in [2.75, 3.05) is 5.32 Å². The molecule has 10 nitrogen and oxygen atoms in total. The average Bonchev–Trinajstić information content (AvgIpc) is 3.46. The molecule has 0 saturated heterocycles. The second-order valence-corrected chi connectivity index (χ2v) is 7.48. The summed E-state index contributed by atoms with van der Waals surface area (Å²) >= 11 is 0.896. The van der Waals surface area contributed by atoms with Gasteiger partial charge in [0.15, 0.2) is 11.6 Å². The van der Waals surface area contributed by atoms with Gasteiger partial charge in [-0.15, -0.1) is 5.10 Å². The summed E-state index contributed by atoms with van der Waals surface area (Å²) in [6.07, 6.45) is -1.41. The van der Waals surface area contributed by atoms with Crippen molar-refractivity contribution in [3.05, 3.63) is 72.1 Å². The van der Waals surface area contributed by atoms with Crippen molar-refractivity contribution in [2.24, 2.45) is 0 Å². The summed E-state index contributed by atoms with van der Waals surface area (Å²) in [5.41, 5.74) is 0.561. The fraction of sp³-hybridized carbons (Fsp3) is 0.0500. The molecule has 0 aliphatic carbocycles. The van der Waals surface area contributed by atoms with Gasteiger partial charge in [0.25, 0.3) is 5.91 Å². The highest BCUT2D eigenvalue weighted by Gasteiger charge is 2.30. The van der Waals surface area contributed by atoms with Crippen LogP contribution in [0.5, 0.6) is 5.75 Å². The maximum absolute atomic E-state index is 12.7. The lowest BCUT2D eigenvalue weighted by molar-refractivity contribution is -0.137. The van der Waals surface area contributed by atoms with Crippen molar-refractivity contribution in [3.63, 3.8) is 0 Å². The normalized spacial score (nSPS) is 11.5. The molecule has 0 saturated carbocycles. The van der Waals surface area contributed by atoms with Gasteiger partial charge in [-0.25, -0.2) is 4.98 Å².